The van der Waals surface area contributed by atoms with E-state index in [4.69, 9.17) is 23.2 Å². The fraction of sp³-hybridized carbons (Fsp3) is 0. The minimum Gasteiger partial charge on any atom is -0.507 e. The number of carbonyl (C=O) groups excluding carboxylic acids is 1. The van der Waals surface area contributed by atoms with Gasteiger partial charge >= 0.3 is 0 Å². The molecular weight excluding hydrogens is 403 g/mol. The molecule has 0 fully saturated rings. The summed E-state index contributed by atoms with van der Waals surface area (Å²) < 4.78 is 0.706. The summed E-state index contributed by atoms with van der Waals surface area (Å²) in [5.41, 5.74) is 0.446. The number of nitrogens with one attached hydrogen (secondary N) is 1. The number of carbonyl (C=O) groups is 1. The SMILES string of the molecule is N#CC(=Cc1cc(Br)ccc1O)C(=O)Nc1cc(Cl)ccc1Cl. The molecule has 1 amide bonds. The van der Waals surface area contributed by atoms with Crippen molar-refractivity contribution in [1.82, 2.24) is 0 Å². The largest absolute Gasteiger partial charge is 0.507 e. The quantitative estimate of drug-likeness (QED) is 0.550. The van der Waals surface area contributed by atoms with Crippen LogP contribution < -0.4 is 5.32 Å². The van der Waals surface area contributed by atoms with Gasteiger partial charge in [0.2, 0.25) is 0 Å². The molecule has 0 atom stereocenters. The van der Waals surface area contributed by atoms with E-state index in [2.05, 4.69) is 21.2 Å². The molecule has 0 saturated carbocycles. The highest BCUT2D eigenvalue weighted by Crippen LogP contribution is 2.27. The molecule has 2 N–H and O–H groups in total. The molecule has 0 unspecified atom stereocenters. The predicted molar refractivity (Wildman–Crippen MR) is 94.5 cm³/mol. The summed E-state index contributed by atoms with van der Waals surface area (Å²) in [6, 6.07) is 11.1. The second kappa shape index (κ2) is 7.51. The van der Waals surface area contributed by atoms with Gasteiger partial charge in [-0.3, -0.25) is 4.79 Å². The zero-order chi connectivity index (χ0) is 17.0. The van der Waals surface area contributed by atoms with E-state index in [1.54, 1.807) is 24.3 Å². The summed E-state index contributed by atoms with van der Waals surface area (Å²) in [6.45, 7) is 0. The summed E-state index contributed by atoms with van der Waals surface area (Å²) in [5, 5.41) is 22.2. The molecule has 0 heterocycles. The highest BCUT2D eigenvalue weighted by atomic mass is 79.9. The Hall–Kier alpha value is -2.00. The first-order valence-electron chi connectivity index (χ1n) is 6.27. The van der Waals surface area contributed by atoms with Gasteiger partial charge in [0.15, 0.2) is 0 Å². The van der Waals surface area contributed by atoms with Gasteiger partial charge in [0.05, 0.1) is 10.7 Å². The Morgan fingerprint density at radius 2 is 2.00 bits per heavy atom. The van der Waals surface area contributed by atoms with Gasteiger partial charge in [-0.1, -0.05) is 39.1 Å². The van der Waals surface area contributed by atoms with Crippen LogP contribution in [0.15, 0.2) is 46.4 Å². The first-order valence-corrected chi connectivity index (χ1v) is 7.82. The lowest BCUT2D eigenvalue weighted by Gasteiger charge is -2.07. The number of hydrogen-bond acceptors (Lipinski definition) is 3. The normalized spacial score (nSPS) is 11.0. The number of benzene rings is 2. The highest BCUT2D eigenvalue weighted by molar-refractivity contribution is 9.10. The monoisotopic (exact) mass is 410 g/mol. The molecule has 2 aromatic rings. The Labute approximate surface area is 151 Å². The zero-order valence-corrected chi connectivity index (χ0v) is 14.6. The Balaban J connectivity index is 2.32. The van der Waals surface area contributed by atoms with E-state index in [-0.39, 0.29) is 11.3 Å². The lowest BCUT2D eigenvalue weighted by Crippen LogP contribution is -2.13. The van der Waals surface area contributed by atoms with Crippen molar-refractivity contribution in [3.8, 4) is 11.8 Å². The number of nitrogens with zero attached hydrogens (tertiary/aromatic N) is 1. The summed E-state index contributed by atoms with van der Waals surface area (Å²) in [7, 11) is 0. The van der Waals surface area contributed by atoms with E-state index in [0.29, 0.717) is 25.8 Å². The van der Waals surface area contributed by atoms with Crippen LogP contribution in [0, 0.1) is 11.3 Å². The van der Waals surface area contributed by atoms with Crippen LogP contribution in [0.5, 0.6) is 5.75 Å². The Bertz CT molecular complexity index is 844. The molecule has 0 aliphatic heterocycles. The molecule has 0 aliphatic carbocycles. The Morgan fingerprint density at radius 3 is 2.70 bits per heavy atom. The summed E-state index contributed by atoms with van der Waals surface area (Å²) in [5.74, 6) is -0.703. The zero-order valence-electron chi connectivity index (χ0n) is 11.5. The van der Waals surface area contributed by atoms with Gasteiger partial charge in [-0.05, 0) is 42.5 Å². The molecule has 2 aromatic carbocycles. The average Bonchev–Trinajstić information content (AvgIpc) is 2.51. The van der Waals surface area contributed by atoms with Crippen molar-refractivity contribution in [2.24, 2.45) is 0 Å². The molecule has 116 valence electrons. The van der Waals surface area contributed by atoms with Crippen LogP contribution in [0.25, 0.3) is 6.08 Å². The number of aromatic hydroxyl groups is 1. The van der Waals surface area contributed by atoms with Gasteiger partial charge < -0.3 is 10.4 Å². The van der Waals surface area contributed by atoms with Crippen LogP contribution in [0.3, 0.4) is 0 Å². The topological polar surface area (TPSA) is 73.1 Å². The minimum absolute atomic E-state index is 0.0467. The van der Waals surface area contributed by atoms with Crippen molar-refractivity contribution in [2.45, 2.75) is 0 Å². The van der Waals surface area contributed by atoms with Crippen LogP contribution >= 0.6 is 39.1 Å². The van der Waals surface area contributed by atoms with Crippen LogP contribution in [0.1, 0.15) is 5.56 Å². The highest BCUT2D eigenvalue weighted by Gasteiger charge is 2.13. The van der Waals surface area contributed by atoms with Crippen molar-refractivity contribution >= 4 is 56.8 Å². The molecule has 0 saturated heterocycles. The second-order valence-corrected chi connectivity index (χ2v) is 6.21. The third kappa shape index (κ3) is 4.49. The number of anilines is 1. The maximum Gasteiger partial charge on any atom is 0.266 e. The number of nitriles is 1. The van der Waals surface area contributed by atoms with E-state index in [1.165, 1.54) is 24.3 Å². The van der Waals surface area contributed by atoms with Crippen LogP contribution in [0.4, 0.5) is 5.69 Å². The van der Waals surface area contributed by atoms with E-state index >= 15 is 0 Å². The first-order chi connectivity index (χ1) is 10.9. The van der Waals surface area contributed by atoms with Crippen molar-refractivity contribution in [3.63, 3.8) is 0 Å². The van der Waals surface area contributed by atoms with Crippen LogP contribution in [-0.2, 0) is 4.79 Å². The van der Waals surface area contributed by atoms with Gasteiger partial charge in [-0.15, -0.1) is 0 Å². The second-order valence-electron chi connectivity index (χ2n) is 4.45. The third-order valence-corrected chi connectivity index (χ3v) is 3.89. The molecule has 23 heavy (non-hydrogen) atoms. The standard InChI is InChI=1S/C16H9BrCl2N2O2/c17-11-1-4-15(22)9(6-11)5-10(8-20)16(23)21-14-7-12(18)2-3-13(14)19/h1-7,22H,(H,21,23). The van der Waals surface area contributed by atoms with E-state index < -0.39 is 5.91 Å². The molecule has 0 aliphatic rings. The fourth-order valence-corrected chi connectivity index (χ4v) is 2.44. The molecule has 0 spiro atoms. The summed E-state index contributed by atoms with van der Waals surface area (Å²) >= 11 is 15.1. The lowest BCUT2D eigenvalue weighted by atomic mass is 10.1. The van der Waals surface area contributed by atoms with Gasteiger partial charge in [0.1, 0.15) is 17.4 Å². The summed E-state index contributed by atoms with van der Waals surface area (Å²) in [4.78, 5) is 12.2. The van der Waals surface area contributed by atoms with Crippen LogP contribution in [0.2, 0.25) is 10.0 Å². The average molecular weight is 412 g/mol. The number of halogens is 3. The maximum absolute atomic E-state index is 12.2. The Kier molecular flexibility index (Phi) is 5.67. The van der Waals surface area contributed by atoms with Gasteiger partial charge in [0, 0.05) is 15.1 Å². The molecule has 0 bridgehead atoms. The van der Waals surface area contributed by atoms with Gasteiger partial charge in [0.25, 0.3) is 5.91 Å². The fourth-order valence-electron chi connectivity index (χ4n) is 1.73. The molecule has 0 aromatic heterocycles. The smallest absolute Gasteiger partial charge is 0.266 e. The lowest BCUT2D eigenvalue weighted by molar-refractivity contribution is -0.112. The van der Waals surface area contributed by atoms with Crippen molar-refractivity contribution in [1.29, 1.82) is 5.26 Å². The third-order valence-electron chi connectivity index (χ3n) is 2.83. The molecule has 2 rings (SSSR count). The maximum atomic E-state index is 12.2. The predicted octanol–water partition coefficient (Wildman–Crippen LogP) is 5.01. The van der Waals surface area contributed by atoms with Gasteiger partial charge in [-0.2, -0.15) is 5.26 Å². The van der Waals surface area contributed by atoms with Crippen molar-refractivity contribution < 1.29 is 9.90 Å². The number of rotatable bonds is 3. The van der Waals surface area contributed by atoms with Crippen molar-refractivity contribution in [3.05, 3.63) is 62.1 Å². The number of amides is 1. The molecule has 0 radical (unpaired) electrons. The van der Waals surface area contributed by atoms with E-state index in [0.717, 1.165) is 0 Å². The van der Waals surface area contributed by atoms with Crippen molar-refractivity contribution in [2.75, 3.05) is 5.32 Å². The van der Waals surface area contributed by atoms with Crippen LogP contribution in [-0.4, -0.2) is 11.0 Å². The number of hydrogen-bond donors (Lipinski definition) is 2. The molecule has 4 nitrogen and oxygen atoms in total. The molecular formula is C16H9BrCl2N2O2. The number of phenolic OH excluding ortho intramolecular Hbond substituents is 1. The molecule has 7 heteroatoms. The van der Waals surface area contributed by atoms with E-state index in [9.17, 15) is 15.2 Å². The Morgan fingerprint density at radius 1 is 1.26 bits per heavy atom. The van der Waals surface area contributed by atoms with Gasteiger partial charge in [-0.25, -0.2) is 0 Å². The number of phenols is 1. The summed E-state index contributed by atoms with van der Waals surface area (Å²) in [6.07, 6.45) is 1.29. The first kappa shape index (κ1) is 17.4. The van der Waals surface area contributed by atoms with E-state index in [1.807, 2.05) is 0 Å². The minimum atomic E-state index is -0.656.